The van der Waals surface area contributed by atoms with Crippen LogP contribution in [-0.4, -0.2) is 0 Å². The van der Waals surface area contributed by atoms with E-state index in [0.717, 1.165) is 24.3 Å². The Morgan fingerprint density at radius 1 is 0.607 bits per heavy atom. The summed E-state index contributed by atoms with van der Waals surface area (Å²) in [6.45, 7) is 4.49. The minimum absolute atomic E-state index is 0.990. The predicted molar refractivity (Wildman–Crippen MR) is 133 cm³/mol. The van der Waals surface area contributed by atoms with Gasteiger partial charge in [-0.05, 0) is 67.0 Å². The maximum Gasteiger partial charge on any atom is 0.0364 e. The molecule has 146 valence electrons. The molecule has 0 aliphatic rings. The van der Waals surface area contributed by atoms with E-state index in [2.05, 4.69) is 106 Å². The van der Waals surface area contributed by atoms with Crippen LogP contribution in [0.25, 0.3) is 0 Å². The lowest BCUT2D eigenvalue weighted by Gasteiger charge is -2.21. The molecular formula is C24H24Br2S2. The van der Waals surface area contributed by atoms with Crippen LogP contribution in [0, 0.1) is 0 Å². The molecule has 0 saturated carbocycles. The van der Waals surface area contributed by atoms with Crippen LogP contribution < -0.4 is 0 Å². The van der Waals surface area contributed by atoms with Crippen molar-refractivity contribution in [3.05, 3.63) is 91.9 Å². The van der Waals surface area contributed by atoms with Gasteiger partial charge in [-0.3, -0.25) is 0 Å². The van der Waals surface area contributed by atoms with Gasteiger partial charge < -0.3 is 0 Å². The van der Waals surface area contributed by atoms with Crippen molar-refractivity contribution in [1.29, 1.82) is 0 Å². The smallest absolute Gasteiger partial charge is 0.0364 e. The zero-order valence-electron chi connectivity index (χ0n) is 16.2. The van der Waals surface area contributed by atoms with E-state index in [-0.39, 0.29) is 0 Å². The van der Waals surface area contributed by atoms with E-state index in [1.165, 1.54) is 41.0 Å². The van der Waals surface area contributed by atoms with E-state index in [9.17, 15) is 0 Å². The molecule has 0 fully saturated rings. The molecule has 0 saturated heterocycles. The summed E-state index contributed by atoms with van der Waals surface area (Å²) in [5.74, 6) is 1.98. The Hall–Kier alpha value is -0.680. The Kier molecular flexibility index (Phi) is 8.58. The molecule has 0 spiro atoms. The van der Waals surface area contributed by atoms with Gasteiger partial charge in [-0.1, -0.05) is 74.5 Å². The SMILES string of the molecule is CCc1c(Br)c(Br)c(CC)c(SCc2ccccc2)c1SCc1ccccc1. The molecule has 0 aliphatic heterocycles. The molecule has 0 N–H and O–H groups in total. The lowest BCUT2D eigenvalue weighted by Crippen LogP contribution is -2.00. The summed E-state index contributed by atoms with van der Waals surface area (Å²) in [7, 11) is 0. The Balaban J connectivity index is 1.99. The van der Waals surface area contributed by atoms with E-state index in [1.807, 2.05) is 23.5 Å². The second-order valence-electron chi connectivity index (χ2n) is 6.50. The van der Waals surface area contributed by atoms with E-state index < -0.39 is 0 Å². The average molecular weight is 536 g/mol. The predicted octanol–water partition coefficient (Wildman–Crippen LogP) is 8.92. The van der Waals surface area contributed by atoms with Crippen molar-refractivity contribution in [2.24, 2.45) is 0 Å². The zero-order chi connectivity index (χ0) is 19.9. The number of halogens is 2. The average Bonchev–Trinajstić information content (AvgIpc) is 2.74. The van der Waals surface area contributed by atoms with Gasteiger partial charge in [0, 0.05) is 30.2 Å². The highest BCUT2D eigenvalue weighted by atomic mass is 79.9. The first-order chi connectivity index (χ1) is 13.7. The molecule has 0 heterocycles. The van der Waals surface area contributed by atoms with Gasteiger partial charge in [0.25, 0.3) is 0 Å². The standard InChI is InChI=1S/C24H24Br2S2/c1-3-19-21(25)22(26)20(4-2)24(28-16-18-13-9-6-10-14-18)23(19)27-15-17-11-7-5-8-12-17/h5-14H,3-4,15-16H2,1-2H3. The van der Waals surface area contributed by atoms with Crippen LogP contribution in [0.15, 0.2) is 79.4 Å². The summed E-state index contributed by atoms with van der Waals surface area (Å²) in [5, 5.41) is 0. The van der Waals surface area contributed by atoms with Crippen molar-refractivity contribution in [2.45, 2.75) is 48.0 Å². The number of rotatable bonds is 8. The largest absolute Gasteiger partial charge is 0.120 e. The fourth-order valence-electron chi connectivity index (χ4n) is 3.13. The molecule has 3 aromatic carbocycles. The fraction of sp³-hybridized carbons (Fsp3) is 0.250. The summed E-state index contributed by atoms with van der Waals surface area (Å²) in [6, 6.07) is 21.5. The summed E-state index contributed by atoms with van der Waals surface area (Å²) >= 11 is 11.7. The monoisotopic (exact) mass is 534 g/mol. The van der Waals surface area contributed by atoms with Gasteiger partial charge in [-0.2, -0.15) is 0 Å². The van der Waals surface area contributed by atoms with Gasteiger partial charge in [0.15, 0.2) is 0 Å². The molecule has 0 aliphatic carbocycles. The first kappa shape index (κ1) is 22.0. The molecule has 0 radical (unpaired) electrons. The molecule has 0 unspecified atom stereocenters. The van der Waals surface area contributed by atoms with Crippen LogP contribution in [-0.2, 0) is 24.3 Å². The van der Waals surface area contributed by atoms with Crippen LogP contribution in [0.3, 0.4) is 0 Å². The summed E-state index contributed by atoms with van der Waals surface area (Å²) in [5.41, 5.74) is 5.54. The molecule has 3 aromatic rings. The summed E-state index contributed by atoms with van der Waals surface area (Å²) in [6.07, 6.45) is 2.03. The topological polar surface area (TPSA) is 0 Å². The lowest BCUT2D eigenvalue weighted by atomic mass is 10.1. The molecule has 0 amide bonds. The Bertz CT molecular complexity index is 833. The molecule has 0 atom stereocenters. The fourth-order valence-corrected chi connectivity index (χ4v) is 7.54. The van der Waals surface area contributed by atoms with Crippen LogP contribution in [0.1, 0.15) is 36.1 Å². The van der Waals surface area contributed by atoms with Crippen molar-refractivity contribution < 1.29 is 0 Å². The van der Waals surface area contributed by atoms with Crippen LogP contribution in [0.5, 0.6) is 0 Å². The second-order valence-corrected chi connectivity index (χ2v) is 10.1. The third-order valence-electron chi connectivity index (χ3n) is 4.64. The minimum Gasteiger partial charge on any atom is -0.120 e. The van der Waals surface area contributed by atoms with Gasteiger partial charge in [-0.15, -0.1) is 23.5 Å². The highest BCUT2D eigenvalue weighted by Gasteiger charge is 2.21. The van der Waals surface area contributed by atoms with E-state index >= 15 is 0 Å². The van der Waals surface area contributed by atoms with E-state index in [1.54, 1.807) is 0 Å². The molecule has 0 aromatic heterocycles. The number of hydrogen-bond acceptors (Lipinski definition) is 2. The minimum atomic E-state index is 0.990. The Morgan fingerprint density at radius 2 is 0.964 bits per heavy atom. The third-order valence-corrected chi connectivity index (χ3v) is 9.48. The maximum atomic E-state index is 3.87. The maximum absolute atomic E-state index is 3.87. The molecule has 3 rings (SSSR count). The van der Waals surface area contributed by atoms with E-state index in [0.29, 0.717) is 0 Å². The zero-order valence-corrected chi connectivity index (χ0v) is 21.0. The van der Waals surface area contributed by atoms with Crippen LogP contribution in [0.2, 0.25) is 0 Å². The van der Waals surface area contributed by atoms with Gasteiger partial charge in [0.05, 0.1) is 0 Å². The van der Waals surface area contributed by atoms with E-state index in [4.69, 9.17) is 0 Å². The van der Waals surface area contributed by atoms with Crippen molar-refractivity contribution in [3.63, 3.8) is 0 Å². The van der Waals surface area contributed by atoms with Crippen LogP contribution in [0.4, 0.5) is 0 Å². The van der Waals surface area contributed by atoms with Gasteiger partial charge in [-0.25, -0.2) is 0 Å². The van der Waals surface area contributed by atoms with Crippen LogP contribution >= 0.6 is 55.4 Å². The second kappa shape index (κ2) is 10.9. The molecule has 4 heteroatoms. The quantitative estimate of drug-likeness (QED) is 0.264. The van der Waals surface area contributed by atoms with Crippen molar-refractivity contribution >= 4 is 55.4 Å². The molecule has 0 bridgehead atoms. The summed E-state index contributed by atoms with van der Waals surface area (Å²) in [4.78, 5) is 2.86. The number of hydrogen-bond donors (Lipinski definition) is 0. The van der Waals surface area contributed by atoms with Gasteiger partial charge in [0.1, 0.15) is 0 Å². The first-order valence-electron chi connectivity index (χ1n) is 9.51. The molecular weight excluding hydrogens is 512 g/mol. The Morgan fingerprint density at radius 3 is 1.29 bits per heavy atom. The molecule has 28 heavy (non-hydrogen) atoms. The first-order valence-corrected chi connectivity index (χ1v) is 13.1. The lowest BCUT2D eigenvalue weighted by molar-refractivity contribution is 0.953. The van der Waals surface area contributed by atoms with Crippen molar-refractivity contribution in [1.82, 2.24) is 0 Å². The molecule has 0 nitrogen and oxygen atoms in total. The van der Waals surface area contributed by atoms with Crippen molar-refractivity contribution in [3.8, 4) is 0 Å². The summed E-state index contributed by atoms with van der Waals surface area (Å²) < 4.78 is 2.43. The van der Waals surface area contributed by atoms with Gasteiger partial charge >= 0.3 is 0 Å². The normalized spacial score (nSPS) is 11.0. The number of benzene rings is 3. The van der Waals surface area contributed by atoms with Gasteiger partial charge in [0.2, 0.25) is 0 Å². The number of thioether (sulfide) groups is 2. The highest BCUT2D eigenvalue weighted by molar-refractivity contribution is 9.13. The Labute approximate surface area is 194 Å². The highest BCUT2D eigenvalue weighted by Crippen LogP contribution is 2.46. The third kappa shape index (κ3) is 5.27. The van der Waals surface area contributed by atoms with Crippen molar-refractivity contribution in [2.75, 3.05) is 0 Å².